The Balaban J connectivity index is 1.51. The molecule has 0 aliphatic carbocycles. The molecule has 1 aromatic heterocycles. The minimum atomic E-state index is -0.250. The molecule has 1 aliphatic rings. The molecule has 6 nitrogen and oxygen atoms in total. The maximum Gasteiger partial charge on any atom is 0.234 e. The van der Waals surface area contributed by atoms with Crippen molar-refractivity contribution in [1.29, 1.82) is 0 Å². The van der Waals surface area contributed by atoms with Crippen molar-refractivity contribution < 1.29 is 9.13 Å². The molecule has 3 aromatic rings. The summed E-state index contributed by atoms with van der Waals surface area (Å²) in [5, 5.41) is 9.64. The molecule has 0 spiro atoms. The van der Waals surface area contributed by atoms with Gasteiger partial charge in [0.15, 0.2) is 5.96 Å². The van der Waals surface area contributed by atoms with E-state index in [9.17, 15) is 4.39 Å². The molecule has 2 heterocycles. The molecule has 150 valence electrons. The van der Waals surface area contributed by atoms with Crippen molar-refractivity contribution >= 4 is 22.4 Å². The van der Waals surface area contributed by atoms with Crippen LogP contribution in [0.15, 0.2) is 53.5 Å². The van der Waals surface area contributed by atoms with E-state index < -0.39 is 0 Å². The topological polar surface area (TPSA) is 76.6 Å². The number of guanidine groups is 1. The lowest BCUT2D eigenvalue weighted by Gasteiger charge is -2.27. The molecule has 0 amide bonds. The van der Waals surface area contributed by atoms with Crippen LogP contribution >= 0.6 is 11.3 Å². The van der Waals surface area contributed by atoms with Crippen LogP contribution in [0.25, 0.3) is 11.1 Å². The van der Waals surface area contributed by atoms with Crippen LogP contribution in [0.4, 0.5) is 9.52 Å². The second-order valence-corrected chi connectivity index (χ2v) is 7.81. The zero-order valence-electron chi connectivity index (χ0n) is 16.1. The third kappa shape index (κ3) is 4.44. The van der Waals surface area contributed by atoms with E-state index in [1.54, 1.807) is 6.07 Å². The van der Waals surface area contributed by atoms with Gasteiger partial charge >= 0.3 is 0 Å². The fourth-order valence-electron chi connectivity index (χ4n) is 3.20. The van der Waals surface area contributed by atoms with Crippen molar-refractivity contribution in [1.82, 2.24) is 15.1 Å². The highest BCUT2D eigenvalue weighted by atomic mass is 32.1. The van der Waals surface area contributed by atoms with Crippen molar-refractivity contribution in [2.75, 3.05) is 26.3 Å². The maximum atomic E-state index is 14.7. The molecule has 29 heavy (non-hydrogen) atoms. The number of benzene rings is 2. The van der Waals surface area contributed by atoms with Crippen molar-refractivity contribution in [3.05, 3.63) is 64.9 Å². The molecular formula is C21H22FN5OS. The average Bonchev–Trinajstić information content (AvgIpc) is 3.23. The van der Waals surface area contributed by atoms with Crippen molar-refractivity contribution in [2.24, 2.45) is 10.7 Å². The molecule has 2 aromatic carbocycles. The van der Waals surface area contributed by atoms with Crippen LogP contribution in [0.2, 0.25) is 0 Å². The van der Waals surface area contributed by atoms with E-state index in [2.05, 4.69) is 15.2 Å². The van der Waals surface area contributed by atoms with E-state index in [0.29, 0.717) is 43.0 Å². The lowest BCUT2D eigenvalue weighted by molar-refractivity contribution is 0.0675. The smallest absolute Gasteiger partial charge is 0.234 e. The summed E-state index contributed by atoms with van der Waals surface area (Å²) in [6, 6.07) is 14.8. The SMILES string of the molecule is CC(c1ccc(-c2ccccc2)c(F)c1)c1nnc(N=C(N)N2CCOCC2)s1. The first-order valence-corrected chi connectivity index (χ1v) is 10.3. The highest BCUT2D eigenvalue weighted by Gasteiger charge is 2.18. The van der Waals surface area contributed by atoms with Crippen molar-refractivity contribution in [3.8, 4) is 11.1 Å². The van der Waals surface area contributed by atoms with Gasteiger partial charge in [-0.05, 0) is 17.2 Å². The minimum Gasteiger partial charge on any atom is -0.378 e. The number of halogens is 1. The fraction of sp³-hybridized carbons (Fsp3) is 0.286. The van der Waals surface area contributed by atoms with Crippen LogP contribution in [0.5, 0.6) is 0 Å². The Bertz CT molecular complexity index is 1000. The van der Waals surface area contributed by atoms with Crippen LogP contribution in [0.3, 0.4) is 0 Å². The molecule has 2 N–H and O–H groups in total. The highest BCUT2D eigenvalue weighted by Crippen LogP contribution is 2.32. The third-order valence-corrected chi connectivity index (χ3v) is 5.92. The summed E-state index contributed by atoms with van der Waals surface area (Å²) in [5.74, 6) is 0.0715. The summed E-state index contributed by atoms with van der Waals surface area (Å²) >= 11 is 1.36. The van der Waals surface area contributed by atoms with Crippen LogP contribution in [-0.4, -0.2) is 47.4 Å². The Morgan fingerprint density at radius 1 is 1.17 bits per heavy atom. The van der Waals surface area contributed by atoms with Gasteiger partial charge in [0, 0.05) is 24.6 Å². The van der Waals surface area contributed by atoms with Gasteiger partial charge in [-0.15, -0.1) is 10.2 Å². The van der Waals surface area contributed by atoms with E-state index in [0.717, 1.165) is 16.1 Å². The van der Waals surface area contributed by atoms with Gasteiger partial charge in [-0.2, -0.15) is 4.99 Å². The number of ether oxygens (including phenoxy) is 1. The molecule has 0 saturated carbocycles. The number of morpholine rings is 1. The Morgan fingerprint density at radius 3 is 2.66 bits per heavy atom. The van der Waals surface area contributed by atoms with Gasteiger partial charge in [0.2, 0.25) is 5.13 Å². The zero-order valence-corrected chi connectivity index (χ0v) is 16.9. The molecule has 8 heteroatoms. The van der Waals surface area contributed by atoms with Crippen LogP contribution in [0.1, 0.15) is 23.4 Å². The summed E-state index contributed by atoms with van der Waals surface area (Å²) in [6.07, 6.45) is 0. The average molecular weight is 412 g/mol. The molecule has 4 rings (SSSR count). The molecule has 0 bridgehead atoms. The van der Waals surface area contributed by atoms with Gasteiger partial charge in [-0.1, -0.05) is 60.7 Å². The fourth-order valence-corrected chi connectivity index (χ4v) is 4.01. The predicted octanol–water partition coefficient (Wildman–Crippen LogP) is 3.77. The normalized spacial score (nSPS) is 16.1. The van der Waals surface area contributed by atoms with Gasteiger partial charge in [-0.25, -0.2) is 4.39 Å². The number of aromatic nitrogens is 2. The first-order chi connectivity index (χ1) is 14.1. The molecule has 1 fully saturated rings. The van der Waals surface area contributed by atoms with Gasteiger partial charge in [0.05, 0.1) is 13.2 Å². The number of rotatable bonds is 4. The molecular weight excluding hydrogens is 389 g/mol. The Hall–Kier alpha value is -2.84. The molecule has 1 unspecified atom stereocenters. The number of aliphatic imine (C=N–C) groups is 1. The van der Waals surface area contributed by atoms with Crippen molar-refractivity contribution in [2.45, 2.75) is 12.8 Å². The van der Waals surface area contributed by atoms with Gasteiger partial charge in [0.25, 0.3) is 0 Å². The van der Waals surface area contributed by atoms with Crippen LogP contribution in [0, 0.1) is 5.82 Å². The van der Waals surface area contributed by atoms with Gasteiger partial charge < -0.3 is 15.4 Å². The second kappa shape index (κ2) is 8.67. The molecule has 1 aliphatic heterocycles. The molecule has 1 atom stereocenters. The van der Waals surface area contributed by atoms with E-state index in [4.69, 9.17) is 10.5 Å². The Kier molecular flexibility index (Phi) is 5.82. The first kappa shape index (κ1) is 19.5. The lowest BCUT2D eigenvalue weighted by atomic mass is 9.97. The maximum absolute atomic E-state index is 14.7. The zero-order chi connectivity index (χ0) is 20.2. The van der Waals surface area contributed by atoms with Crippen molar-refractivity contribution in [3.63, 3.8) is 0 Å². The highest BCUT2D eigenvalue weighted by molar-refractivity contribution is 7.15. The monoisotopic (exact) mass is 411 g/mol. The predicted molar refractivity (Wildman–Crippen MR) is 113 cm³/mol. The first-order valence-electron chi connectivity index (χ1n) is 9.47. The molecule has 1 saturated heterocycles. The standard InChI is InChI=1S/C21H22FN5OS/c1-14(16-7-8-17(18(22)13-16)15-5-3-2-4-6-15)19-25-26-21(29-19)24-20(23)27-9-11-28-12-10-27/h2-8,13-14H,9-12H2,1H3,(H2,23,24,26). The second-order valence-electron chi connectivity index (χ2n) is 6.82. The van der Waals surface area contributed by atoms with E-state index >= 15 is 0 Å². The van der Waals surface area contributed by atoms with E-state index in [1.807, 2.05) is 54.3 Å². The van der Waals surface area contributed by atoms with E-state index in [1.165, 1.54) is 11.3 Å². The van der Waals surface area contributed by atoms with Gasteiger partial charge in [0.1, 0.15) is 10.8 Å². The number of hydrogen-bond acceptors (Lipinski definition) is 5. The number of hydrogen-bond donors (Lipinski definition) is 1. The minimum absolute atomic E-state index is 0.0969. The van der Waals surface area contributed by atoms with E-state index in [-0.39, 0.29) is 11.7 Å². The largest absolute Gasteiger partial charge is 0.378 e. The summed E-state index contributed by atoms with van der Waals surface area (Å²) in [7, 11) is 0. The van der Waals surface area contributed by atoms with Crippen LogP contribution < -0.4 is 5.73 Å². The summed E-state index contributed by atoms with van der Waals surface area (Å²) in [4.78, 5) is 6.35. The van der Waals surface area contributed by atoms with Gasteiger partial charge in [-0.3, -0.25) is 0 Å². The number of nitrogens with zero attached hydrogens (tertiary/aromatic N) is 4. The third-order valence-electron chi connectivity index (χ3n) is 4.92. The molecule has 0 radical (unpaired) electrons. The quantitative estimate of drug-likeness (QED) is 0.522. The Labute approximate surface area is 172 Å². The lowest BCUT2D eigenvalue weighted by Crippen LogP contribution is -2.44. The summed E-state index contributed by atoms with van der Waals surface area (Å²) in [6.45, 7) is 4.68. The number of nitrogens with two attached hydrogens (primary N) is 1. The summed E-state index contributed by atoms with van der Waals surface area (Å²) in [5.41, 5.74) is 8.36. The Morgan fingerprint density at radius 2 is 1.93 bits per heavy atom. The van der Waals surface area contributed by atoms with Crippen LogP contribution in [-0.2, 0) is 4.74 Å². The summed E-state index contributed by atoms with van der Waals surface area (Å²) < 4.78 is 20.0.